The number of carbonyl (C=O) groups excluding carboxylic acids is 1. The van der Waals surface area contributed by atoms with Crippen molar-refractivity contribution in [2.75, 3.05) is 0 Å². The van der Waals surface area contributed by atoms with Gasteiger partial charge in [0.2, 0.25) is 0 Å². The summed E-state index contributed by atoms with van der Waals surface area (Å²) in [5.41, 5.74) is 7.39. The number of amides is 1. The van der Waals surface area contributed by atoms with E-state index >= 15 is 0 Å². The maximum atomic E-state index is 11.3. The van der Waals surface area contributed by atoms with Gasteiger partial charge in [-0.15, -0.1) is 10.2 Å². The van der Waals surface area contributed by atoms with Gasteiger partial charge in [-0.3, -0.25) is 4.79 Å². The number of benzene rings is 1. The van der Waals surface area contributed by atoms with Crippen LogP contribution in [0, 0.1) is 6.92 Å². The molecule has 0 radical (unpaired) electrons. The van der Waals surface area contributed by atoms with Gasteiger partial charge in [0.25, 0.3) is 5.91 Å². The number of primary amides is 1. The smallest absolute Gasteiger partial charge is 0.252 e. The number of nitrogens with zero attached hydrogens (tertiary/aromatic N) is 3. The summed E-state index contributed by atoms with van der Waals surface area (Å²) in [5, 5.41) is 11.2. The number of carbonyl (C=O) groups is 1. The second-order valence-corrected chi connectivity index (χ2v) is 3.33. The van der Waals surface area contributed by atoms with Crippen molar-refractivity contribution in [3.63, 3.8) is 0 Å². The Balaban J connectivity index is 2.66. The van der Waals surface area contributed by atoms with Gasteiger partial charge in [-0.1, -0.05) is 30.3 Å². The molecule has 1 aromatic carbocycles. The lowest BCUT2D eigenvalue weighted by molar-refractivity contribution is 0.0999. The third kappa shape index (κ3) is 1.75. The Morgan fingerprint density at radius 3 is 2.50 bits per heavy atom. The van der Waals surface area contributed by atoms with Crippen molar-refractivity contribution in [3.8, 4) is 11.3 Å². The summed E-state index contributed by atoms with van der Waals surface area (Å²) < 4.78 is 0. The second-order valence-electron chi connectivity index (χ2n) is 3.33. The molecule has 0 atom stereocenters. The van der Waals surface area contributed by atoms with Crippen LogP contribution in [0.1, 0.15) is 16.1 Å². The molecule has 0 spiro atoms. The molecule has 1 heterocycles. The first kappa shape index (κ1) is 10.2. The molecule has 0 saturated heterocycles. The number of aromatic nitrogens is 3. The molecule has 0 aliphatic carbocycles. The van der Waals surface area contributed by atoms with Gasteiger partial charge in [0.1, 0.15) is 5.69 Å². The number of nitrogens with two attached hydrogens (primary N) is 1. The van der Waals surface area contributed by atoms with Gasteiger partial charge in [-0.05, 0) is 12.1 Å². The van der Waals surface area contributed by atoms with Crippen LogP contribution < -0.4 is 5.73 Å². The lowest BCUT2D eigenvalue weighted by atomic mass is 10.1. The van der Waals surface area contributed by atoms with Gasteiger partial charge in [0, 0.05) is 5.56 Å². The molecule has 1 amide bonds. The van der Waals surface area contributed by atoms with Crippen LogP contribution in [0.2, 0.25) is 0 Å². The van der Waals surface area contributed by atoms with Crippen molar-refractivity contribution >= 4 is 5.91 Å². The quantitative estimate of drug-likeness (QED) is 0.806. The molecular formula is C11H10N4O. The van der Waals surface area contributed by atoms with E-state index in [2.05, 4.69) is 15.4 Å². The highest BCUT2D eigenvalue weighted by Crippen LogP contribution is 2.20. The summed E-state index contributed by atoms with van der Waals surface area (Å²) in [6, 6.07) is 9.29. The molecule has 80 valence electrons. The molecule has 5 heteroatoms. The van der Waals surface area contributed by atoms with E-state index in [0.29, 0.717) is 17.0 Å². The van der Waals surface area contributed by atoms with Gasteiger partial charge in [0.15, 0.2) is 0 Å². The molecular weight excluding hydrogens is 204 g/mol. The van der Waals surface area contributed by atoms with Crippen LogP contribution in [0.3, 0.4) is 0 Å². The van der Waals surface area contributed by atoms with Crippen LogP contribution >= 0.6 is 0 Å². The molecule has 0 aliphatic heterocycles. The first-order chi connectivity index (χ1) is 7.70. The minimum Gasteiger partial charge on any atom is -0.365 e. The van der Waals surface area contributed by atoms with Crippen LogP contribution in [0.15, 0.2) is 30.3 Å². The molecule has 0 aliphatic rings. The molecule has 16 heavy (non-hydrogen) atoms. The second kappa shape index (κ2) is 4.06. The molecule has 0 saturated carbocycles. The number of hydrogen-bond donors (Lipinski definition) is 1. The van der Waals surface area contributed by atoms with E-state index < -0.39 is 5.91 Å². The van der Waals surface area contributed by atoms with Crippen molar-refractivity contribution in [1.29, 1.82) is 0 Å². The first-order valence-corrected chi connectivity index (χ1v) is 4.75. The SMILES string of the molecule is Cc1nnnc(-c2ccccc2)c1C(N)=O. The Kier molecular flexibility index (Phi) is 2.59. The normalized spacial score (nSPS) is 10.1. The standard InChI is InChI=1S/C11H10N4O/c1-7-9(11(12)16)10(14-15-13-7)8-5-3-2-4-6-8/h2-6H,1H3,(H2,12,16). The maximum absolute atomic E-state index is 11.3. The monoisotopic (exact) mass is 214 g/mol. The van der Waals surface area contributed by atoms with E-state index in [1.807, 2.05) is 30.3 Å². The van der Waals surface area contributed by atoms with Crippen molar-refractivity contribution < 1.29 is 4.79 Å². The Bertz CT molecular complexity index is 525. The summed E-state index contributed by atoms with van der Waals surface area (Å²) in [6.45, 7) is 1.68. The third-order valence-electron chi connectivity index (χ3n) is 2.23. The summed E-state index contributed by atoms with van der Waals surface area (Å²) in [6.07, 6.45) is 0. The summed E-state index contributed by atoms with van der Waals surface area (Å²) >= 11 is 0. The van der Waals surface area contributed by atoms with Gasteiger partial charge < -0.3 is 5.73 Å². The lowest BCUT2D eigenvalue weighted by Gasteiger charge is -2.05. The predicted octanol–water partition coefficient (Wildman–Crippen LogP) is 0.946. The van der Waals surface area contributed by atoms with Crippen LogP contribution in [0.4, 0.5) is 0 Å². The minimum atomic E-state index is -0.543. The van der Waals surface area contributed by atoms with Crippen molar-refractivity contribution in [1.82, 2.24) is 15.4 Å². The lowest BCUT2D eigenvalue weighted by Crippen LogP contribution is -2.17. The van der Waals surface area contributed by atoms with Gasteiger partial charge >= 0.3 is 0 Å². The minimum absolute atomic E-state index is 0.321. The molecule has 2 N–H and O–H groups in total. The van der Waals surface area contributed by atoms with Gasteiger partial charge in [0.05, 0.1) is 11.3 Å². The predicted molar refractivity (Wildman–Crippen MR) is 58.5 cm³/mol. The number of aryl methyl sites for hydroxylation is 1. The zero-order valence-electron chi connectivity index (χ0n) is 8.71. The van der Waals surface area contributed by atoms with Crippen molar-refractivity contribution in [2.24, 2.45) is 5.73 Å². The molecule has 2 rings (SSSR count). The fourth-order valence-corrected chi connectivity index (χ4v) is 1.50. The van der Waals surface area contributed by atoms with E-state index in [9.17, 15) is 4.79 Å². The Morgan fingerprint density at radius 1 is 1.19 bits per heavy atom. The van der Waals surface area contributed by atoms with E-state index in [0.717, 1.165) is 5.56 Å². The summed E-state index contributed by atoms with van der Waals surface area (Å²) in [4.78, 5) is 11.3. The topological polar surface area (TPSA) is 81.8 Å². The first-order valence-electron chi connectivity index (χ1n) is 4.75. The average molecular weight is 214 g/mol. The fourth-order valence-electron chi connectivity index (χ4n) is 1.50. The van der Waals surface area contributed by atoms with E-state index in [-0.39, 0.29) is 0 Å². The van der Waals surface area contributed by atoms with Crippen LogP contribution in [-0.4, -0.2) is 21.3 Å². The van der Waals surface area contributed by atoms with Gasteiger partial charge in [-0.2, -0.15) is 0 Å². The van der Waals surface area contributed by atoms with E-state index in [4.69, 9.17) is 5.73 Å². The summed E-state index contributed by atoms with van der Waals surface area (Å²) in [5.74, 6) is -0.543. The van der Waals surface area contributed by atoms with E-state index in [1.54, 1.807) is 6.92 Å². The Morgan fingerprint density at radius 2 is 1.88 bits per heavy atom. The highest BCUT2D eigenvalue weighted by atomic mass is 16.1. The molecule has 1 aromatic heterocycles. The zero-order chi connectivity index (χ0) is 11.5. The zero-order valence-corrected chi connectivity index (χ0v) is 8.71. The van der Waals surface area contributed by atoms with Crippen molar-refractivity contribution in [3.05, 3.63) is 41.6 Å². The fraction of sp³-hybridized carbons (Fsp3) is 0.0909. The Labute approximate surface area is 92.3 Å². The number of rotatable bonds is 2. The molecule has 5 nitrogen and oxygen atoms in total. The van der Waals surface area contributed by atoms with Crippen LogP contribution in [0.25, 0.3) is 11.3 Å². The molecule has 0 unspecified atom stereocenters. The van der Waals surface area contributed by atoms with Crippen molar-refractivity contribution in [2.45, 2.75) is 6.92 Å². The molecule has 0 fully saturated rings. The highest BCUT2D eigenvalue weighted by molar-refractivity contribution is 5.99. The molecule has 2 aromatic rings. The average Bonchev–Trinajstić information content (AvgIpc) is 2.29. The van der Waals surface area contributed by atoms with Crippen LogP contribution in [0.5, 0.6) is 0 Å². The number of hydrogen-bond acceptors (Lipinski definition) is 4. The summed E-state index contributed by atoms with van der Waals surface area (Å²) in [7, 11) is 0. The highest BCUT2D eigenvalue weighted by Gasteiger charge is 2.15. The maximum Gasteiger partial charge on any atom is 0.252 e. The third-order valence-corrected chi connectivity index (χ3v) is 2.23. The largest absolute Gasteiger partial charge is 0.365 e. The Hall–Kier alpha value is -2.30. The van der Waals surface area contributed by atoms with E-state index in [1.165, 1.54) is 0 Å². The van der Waals surface area contributed by atoms with Gasteiger partial charge in [-0.25, -0.2) is 0 Å². The van der Waals surface area contributed by atoms with Crippen LogP contribution in [-0.2, 0) is 0 Å². The molecule has 0 bridgehead atoms.